The van der Waals surface area contributed by atoms with Crippen LogP contribution in [-0.2, 0) is 14.3 Å². The van der Waals surface area contributed by atoms with Crippen molar-refractivity contribution in [2.45, 2.75) is 77.5 Å². The summed E-state index contributed by atoms with van der Waals surface area (Å²) in [5.74, 6) is -1.57. The number of likely N-dealkylation sites (N-methyl/N-ethyl adjacent to an activating group) is 1. The van der Waals surface area contributed by atoms with Gasteiger partial charge in [0, 0.05) is 7.05 Å². The Bertz CT molecular complexity index is 466. The molecular formula is C17H30N2O5. The van der Waals surface area contributed by atoms with E-state index in [0.717, 1.165) is 32.1 Å². The van der Waals surface area contributed by atoms with E-state index in [1.54, 1.807) is 27.7 Å². The minimum atomic E-state index is -1.03. The SMILES string of the molecule is CC(C(=O)NC(C(=O)O)C1CCCCC1)N(C)C(=O)OC(C)(C)C. The molecule has 24 heavy (non-hydrogen) atoms. The van der Waals surface area contributed by atoms with Crippen molar-refractivity contribution in [3.63, 3.8) is 0 Å². The number of carbonyl (C=O) groups is 3. The summed E-state index contributed by atoms with van der Waals surface area (Å²) in [5, 5.41) is 12.0. The quantitative estimate of drug-likeness (QED) is 0.800. The van der Waals surface area contributed by atoms with Crippen molar-refractivity contribution < 1.29 is 24.2 Å². The van der Waals surface area contributed by atoms with E-state index in [4.69, 9.17) is 4.74 Å². The molecule has 138 valence electrons. The van der Waals surface area contributed by atoms with Crippen molar-refractivity contribution in [1.82, 2.24) is 10.2 Å². The van der Waals surface area contributed by atoms with Crippen molar-refractivity contribution in [2.24, 2.45) is 5.92 Å². The Balaban J connectivity index is 2.68. The molecule has 2 atom stereocenters. The lowest BCUT2D eigenvalue weighted by atomic mass is 9.84. The molecule has 0 bridgehead atoms. The fourth-order valence-corrected chi connectivity index (χ4v) is 2.79. The zero-order valence-corrected chi connectivity index (χ0v) is 15.3. The highest BCUT2D eigenvalue weighted by Crippen LogP contribution is 2.26. The molecule has 1 fully saturated rings. The van der Waals surface area contributed by atoms with Gasteiger partial charge in [0.05, 0.1) is 0 Å². The monoisotopic (exact) mass is 342 g/mol. The number of aliphatic carboxylic acids is 1. The van der Waals surface area contributed by atoms with Crippen molar-refractivity contribution in [2.75, 3.05) is 7.05 Å². The first kappa shape index (κ1) is 20.3. The number of nitrogens with zero attached hydrogens (tertiary/aromatic N) is 1. The van der Waals surface area contributed by atoms with Gasteiger partial charge in [0.1, 0.15) is 17.7 Å². The highest BCUT2D eigenvalue weighted by atomic mass is 16.6. The van der Waals surface area contributed by atoms with Crippen molar-refractivity contribution in [3.8, 4) is 0 Å². The topological polar surface area (TPSA) is 95.9 Å². The van der Waals surface area contributed by atoms with Gasteiger partial charge in [-0.3, -0.25) is 9.69 Å². The lowest BCUT2D eigenvalue weighted by Gasteiger charge is -2.31. The molecule has 2 N–H and O–H groups in total. The first-order valence-electron chi connectivity index (χ1n) is 8.52. The number of rotatable bonds is 5. The van der Waals surface area contributed by atoms with Crippen molar-refractivity contribution >= 4 is 18.0 Å². The molecule has 0 aromatic carbocycles. The molecule has 1 aliphatic carbocycles. The normalized spacial score (nSPS) is 18.4. The molecule has 0 spiro atoms. The third-order valence-electron chi connectivity index (χ3n) is 4.33. The average molecular weight is 342 g/mol. The summed E-state index contributed by atoms with van der Waals surface area (Å²) in [6.07, 6.45) is 4.06. The number of carboxylic acid groups (broad SMARTS) is 1. The molecule has 1 saturated carbocycles. The number of hydrogen-bond donors (Lipinski definition) is 2. The number of ether oxygens (including phenoxy) is 1. The first-order chi connectivity index (χ1) is 11.0. The van der Waals surface area contributed by atoms with Gasteiger partial charge < -0.3 is 15.2 Å². The van der Waals surface area contributed by atoms with Crippen LogP contribution in [0, 0.1) is 5.92 Å². The van der Waals surface area contributed by atoms with Gasteiger partial charge in [-0.15, -0.1) is 0 Å². The molecule has 0 aromatic heterocycles. The van der Waals surface area contributed by atoms with Crippen LogP contribution in [0.25, 0.3) is 0 Å². The van der Waals surface area contributed by atoms with Crippen LogP contribution >= 0.6 is 0 Å². The standard InChI is InChI=1S/C17H30N2O5/c1-11(19(5)16(23)24-17(2,3)4)14(20)18-13(15(21)22)12-9-7-6-8-10-12/h11-13H,6-10H2,1-5H3,(H,18,20)(H,21,22). The van der Waals surface area contributed by atoms with Gasteiger partial charge in [-0.1, -0.05) is 19.3 Å². The number of nitrogens with one attached hydrogen (secondary N) is 1. The molecule has 7 nitrogen and oxygen atoms in total. The Morgan fingerprint density at radius 3 is 2.17 bits per heavy atom. The molecule has 1 rings (SSSR count). The van der Waals surface area contributed by atoms with Crippen LogP contribution in [-0.4, -0.2) is 52.7 Å². The largest absolute Gasteiger partial charge is 0.480 e. The number of carboxylic acids is 1. The van der Waals surface area contributed by atoms with Gasteiger partial charge in [0.25, 0.3) is 0 Å². The van der Waals surface area contributed by atoms with Gasteiger partial charge in [0.15, 0.2) is 0 Å². The highest BCUT2D eigenvalue weighted by molar-refractivity contribution is 5.89. The Morgan fingerprint density at radius 2 is 1.71 bits per heavy atom. The molecule has 0 heterocycles. The molecule has 0 saturated heterocycles. The minimum absolute atomic E-state index is 0.0563. The minimum Gasteiger partial charge on any atom is -0.480 e. The van der Waals surface area contributed by atoms with E-state index in [1.165, 1.54) is 11.9 Å². The first-order valence-corrected chi connectivity index (χ1v) is 8.52. The summed E-state index contributed by atoms with van der Waals surface area (Å²) in [7, 11) is 1.47. The second-order valence-corrected chi connectivity index (χ2v) is 7.49. The smallest absolute Gasteiger partial charge is 0.410 e. The van der Waals surface area contributed by atoms with Crippen molar-refractivity contribution in [1.29, 1.82) is 0 Å². The lowest BCUT2D eigenvalue weighted by Crippen LogP contribution is -2.53. The van der Waals surface area contributed by atoms with Gasteiger partial charge in [0.2, 0.25) is 5.91 Å². The van der Waals surface area contributed by atoms with Gasteiger partial charge in [-0.05, 0) is 46.5 Å². The molecule has 0 radical (unpaired) electrons. The van der Waals surface area contributed by atoms with E-state index >= 15 is 0 Å². The fourth-order valence-electron chi connectivity index (χ4n) is 2.79. The van der Waals surface area contributed by atoms with Crippen LogP contribution in [0.1, 0.15) is 59.8 Å². The second kappa shape index (κ2) is 8.35. The predicted octanol–water partition coefficient (Wildman–Crippen LogP) is 2.39. The van der Waals surface area contributed by atoms with Crippen LogP contribution in [0.5, 0.6) is 0 Å². The van der Waals surface area contributed by atoms with E-state index in [-0.39, 0.29) is 5.92 Å². The van der Waals surface area contributed by atoms with Crippen LogP contribution in [0.4, 0.5) is 4.79 Å². The summed E-state index contributed by atoms with van der Waals surface area (Å²) in [4.78, 5) is 37.1. The number of carbonyl (C=O) groups excluding carboxylic acids is 2. The summed E-state index contributed by atoms with van der Waals surface area (Å²) in [6.45, 7) is 6.78. The zero-order chi connectivity index (χ0) is 18.5. The summed E-state index contributed by atoms with van der Waals surface area (Å²) < 4.78 is 5.23. The maximum Gasteiger partial charge on any atom is 0.410 e. The van der Waals surface area contributed by atoms with Crippen LogP contribution < -0.4 is 5.32 Å². The second-order valence-electron chi connectivity index (χ2n) is 7.49. The molecule has 0 aliphatic heterocycles. The van der Waals surface area contributed by atoms with E-state index in [9.17, 15) is 19.5 Å². The van der Waals surface area contributed by atoms with Crippen LogP contribution in [0.15, 0.2) is 0 Å². The summed E-state index contributed by atoms with van der Waals surface area (Å²) in [6, 6.07) is -1.72. The highest BCUT2D eigenvalue weighted by Gasteiger charge is 2.34. The molecule has 7 heteroatoms. The van der Waals surface area contributed by atoms with Crippen molar-refractivity contribution in [3.05, 3.63) is 0 Å². The van der Waals surface area contributed by atoms with E-state index in [0.29, 0.717) is 0 Å². The fraction of sp³-hybridized carbons (Fsp3) is 0.824. The van der Waals surface area contributed by atoms with E-state index < -0.39 is 35.7 Å². The summed E-state index contributed by atoms with van der Waals surface area (Å²) in [5.41, 5.74) is -0.659. The predicted molar refractivity (Wildman–Crippen MR) is 89.6 cm³/mol. The Kier molecular flexibility index (Phi) is 7.05. The third kappa shape index (κ3) is 6.02. The van der Waals surface area contributed by atoms with Gasteiger partial charge in [-0.25, -0.2) is 9.59 Å². The number of hydrogen-bond acceptors (Lipinski definition) is 4. The maximum atomic E-state index is 12.4. The van der Waals surface area contributed by atoms with Gasteiger partial charge >= 0.3 is 12.1 Å². The molecule has 2 amide bonds. The lowest BCUT2D eigenvalue weighted by molar-refractivity contribution is -0.144. The van der Waals surface area contributed by atoms with Crippen LogP contribution in [0.3, 0.4) is 0 Å². The molecular weight excluding hydrogens is 312 g/mol. The Hall–Kier alpha value is -1.79. The summed E-state index contributed by atoms with van der Waals surface area (Å²) >= 11 is 0. The van der Waals surface area contributed by atoms with E-state index in [1.807, 2.05) is 0 Å². The zero-order valence-electron chi connectivity index (χ0n) is 15.3. The Labute approximate surface area is 143 Å². The molecule has 0 aromatic rings. The molecule has 1 aliphatic rings. The average Bonchev–Trinajstić information content (AvgIpc) is 2.49. The van der Waals surface area contributed by atoms with Gasteiger partial charge in [-0.2, -0.15) is 0 Å². The Morgan fingerprint density at radius 1 is 1.17 bits per heavy atom. The van der Waals surface area contributed by atoms with E-state index in [2.05, 4.69) is 5.32 Å². The third-order valence-corrected chi connectivity index (χ3v) is 4.33. The maximum absolute atomic E-state index is 12.4. The molecule has 2 unspecified atom stereocenters. The van der Waals surface area contributed by atoms with Crippen LogP contribution in [0.2, 0.25) is 0 Å². The number of amides is 2.